The molecule has 0 amide bonds. The first-order chi connectivity index (χ1) is 7.24. The number of hydrogen-bond donors (Lipinski definition) is 3. The van der Waals surface area contributed by atoms with Crippen molar-refractivity contribution in [1.29, 1.82) is 0 Å². The van der Waals surface area contributed by atoms with Crippen LogP contribution < -0.4 is 0 Å². The summed E-state index contributed by atoms with van der Waals surface area (Å²) in [4.78, 5) is 12.5. The Kier molecular flexibility index (Phi) is 4.50. The molecule has 2 heterocycles. The van der Waals surface area contributed by atoms with Crippen molar-refractivity contribution in [3.8, 4) is 0 Å². The number of aliphatic carboxylic acids is 1. The van der Waals surface area contributed by atoms with Crippen LogP contribution in [-0.2, 0) is 4.79 Å². The number of carbonyl (C=O) groups is 1. The Labute approximate surface area is 91.2 Å². The third-order valence-corrected chi connectivity index (χ3v) is 3.46. The number of rotatable bonds is 2. The maximum atomic E-state index is 9.25. The molecular formula is C11H13NO2S. The van der Waals surface area contributed by atoms with E-state index in [2.05, 4.69) is 40.6 Å². The molecule has 0 unspecified atom stereocenters. The molecule has 1 aromatic rings. The molecule has 2 rings (SSSR count). The molecule has 0 atom stereocenters. The molecule has 2 N–H and O–H groups in total. The predicted octanol–water partition coefficient (Wildman–Crippen LogP) is 2.67. The molecule has 15 heavy (non-hydrogen) atoms. The topological polar surface area (TPSA) is 53.1 Å². The summed E-state index contributed by atoms with van der Waals surface area (Å²) in [5, 5.41) is 13.4. The van der Waals surface area contributed by atoms with Gasteiger partial charge in [0.2, 0.25) is 0 Å². The molecule has 0 aromatic carbocycles. The highest BCUT2D eigenvalue weighted by Crippen LogP contribution is 2.40. The number of hydrogen-bond acceptors (Lipinski definition) is 1. The summed E-state index contributed by atoms with van der Waals surface area (Å²) in [7, 11) is -0.120. The summed E-state index contributed by atoms with van der Waals surface area (Å²) in [6, 6.07) is 4.17. The largest absolute Gasteiger partial charge is 0.478 e. The number of thiol groups is 1. The fraction of sp³-hybridized carbons (Fsp3) is 0. The molecule has 4 heteroatoms. The Morgan fingerprint density at radius 3 is 2.47 bits per heavy atom. The second-order valence-electron chi connectivity index (χ2n) is 2.69. The van der Waals surface area contributed by atoms with Crippen LogP contribution in [0.5, 0.6) is 0 Å². The van der Waals surface area contributed by atoms with E-state index in [0.29, 0.717) is 0 Å². The third kappa shape index (κ3) is 3.91. The molecule has 0 spiro atoms. The number of carboxylic acid groups (broad SMARTS) is 1. The minimum Gasteiger partial charge on any atom is -0.478 e. The maximum absolute atomic E-state index is 9.25. The lowest BCUT2D eigenvalue weighted by Crippen LogP contribution is -1.82. The van der Waals surface area contributed by atoms with Crippen molar-refractivity contribution in [2.45, 2.75) is 5.03 Å². The highest BCUT2D eigenvalue weighted by atomic mass is 32.2. The lowest BCUT2D eigenvalue weighted by Gasteiger charge is -2.04. The molecular weight excluding hydrogens is 210 g/mol. The molecule has 0 saturated carbocycles. The van der Waals surface area contributed by atoms with Crippen LogP contribution in [0.3, 0.4) is 0 Å². The quantitative estimate of drug-likeness (QED) is 0.533. The summed E-state index contributed by atoms with van der Waals surface area (Å²) in [5.74, 6) is -0.981. The Bertz CT molecular complexity index is 367. The maximum Gasteiger partial charge on any atom is 0.327 e. The van der Waals surface area contributed by atoms with Crippen LogP contribution in [0.2, 0.25) is 0 Å². The van der Waals surface area contributed by atoms with E-state index in [-0.39, 0.29) is 10.9 Å². The first-order valence-corrected chi connectivity index (χ1v) is 5.84. The molecule has 0 bridgehead atoms. The lowest BCUT2D eigenvalue weighted by atomic mass is 10.6. The summed E-state index contributed by atoms with van der Waals surface area (Å²) in [6.07, 6.45) is 7.01. The molecule has 80 valence electrons. The van der Waals surface area contributed by atoms with E-state index >= 15 is 0 Å². The van der Waals surface area contributed by atoms with Crippen LogP contribution in [0.1, 0.15) is 0 Å². The van der Waals surface area contributed by atoms with Gasteiger partial charge < -0.3 is 10.1 Å². The van der Waals surface area contributed by atoms with Gasteiger partial charge in [0.25, 0.3) is 0 Å². The zero-order valence-corrected chi connectivity index (χ0v) is 9.02. The molecule has 1 aromatic heterocycles. The number of carboxylic acids is 1. The van der Waals surface area contributed by atoms with Gasteiger partial charge in [-0.15, -0.1) is 0 Å². The number of nitrogens with one attached hydrogen (secondary N) is 1. The van der Waals surface area contributed by atoms with Gasteiger partial charge in [-0.3, -0.25) is 0 Å². The third-order valence-electron chi connectivity index (χ3n) is 1.64. The van der Waals surface area contributed by atoms with E-state index in [9.17, 15) is 4.79 Å². The van der Waals surface area contributed by atoms with E-state index in [0.717, 1.165) is 6.08 Å². The summed E-state index contributed by atoms with van der Waals surface area (Å²) < 4.78 is 0. The second kappa shape index (κ2) is 5.93. The van der Waals surface area contributed by atoms with Gasteiger partial charge in [-0.25, -0.2) is 4.79 Å². The van der Waals surface area contributed by atoms with Gasteiger partial charge in [0.1, 0.15) is 0 Å². The van der Waals surface area contributed by atoms with Crippen LogP contribution in [0.15, 0.2) is 59.0 Å². The lowest BCUT2D eigenvalue weighted by molar-refractivity contribution is -0.131. The van der Waals surface area contributed by atoms with E-state index in [1.54, 1.807) is 0 Å². The van der Waals surface area contributed by atoms with Gasteiger partial charge in [-0.05, 0) is 22.9 Å². The SMILES string of the molecule is C1=C[SH](c2ccc[nH]2)C=C1.C=CC(=O)O. The zero-order valence-electron chi connectivity index (χ0n) is 8.13. The number of allylic oxidation sites excluding steroid dienone is 2. The van der Waals surface area contributed by atoms with E-state index in [1.165, 1.54) is 5.03 Å². The van der Waals surface area contributed by atoms with Gasteiger partial charge in [0.05, 0.1) is 5.03 Å². The smallest absolute Gasteiger partial charge is 0.327 e. The van der Waals surface area contributed by atoms with Crippen molar-refractivity contribution in [1.82, 2.24) is 4.98 Å². The van der Waals surface area contributed by atoms with Crippen molar-refractivity contribution in [3.05, 3.63) is 54.0 Å². The second-order valence-corrected chi connectivity index (χ2v) is 4.58. The average molecular weight is 223 g/mol. The molecule has 1 aliphatic heterocycles. The number of aromatic amines is 1. The summed E-state index contributed by atoms with van der Waals surface area (Å²) in [6.45, 7) is 2.96. The zero-order chi connectivity index (χ0) is 11.1. The van der Waals surface area contributed by atoms with Crippen LogP contribution in [0, 0.1) is 0 Å². The molecule has 3 nitrogen and oxygen atoms in total. The first-order valence-electron chi connectivity index (χ1n) is 4.36. The van der Waals surface area contributed by atoms with E-state index < -0.39 is 5.97 Å². The summed E-state index contributed by atoms with van der Waals surface area (Å²) in [5.41, 5.74) is 0. The summed E-state index contributed by atoms with van der Waals surface area (Å²) >= 11 is 0. The van der Waals surface area contributed by atoms with Gasteiger partial charge in [-0.2, -0.15) is 10.9 Å². The normalized spacial score (nSPS) is 14.5. The molecule has 0 radical (unpaired) electrons. The standard InChI is InChI=1S/C8H9NS.C3H4O2/c1-2-7-10(6-1)8-4-3-5-9-8;1-2-3(4)5/h1-7,9-10H;2H,1H2,(H,4,5). The minimum absolute atomic E-state index is 0.120. The van der Waals surface area contributed by atoms with Crippen molar-refractivity contribution in [2.24, 2.45) is 0 Å². The molecule has 1 aliphatic rings. The average Bonchev–Trinajstić information content (AvgIpc) is 2.90. The predicted molar refractivity (Wildman–Crippen MR) is 64.2 cm³/mol. The number of aromatic nitrogens is 1. The Morgan fingerprint density at radius 1 is 1.47 bits per heavy atom. The van der Waals surface area contributed by atoms with Gasteiger partial charge in [0.15, 0.2) is 0 Å². The Morgan fingerprint density at radius 2 is 2.07 bits per heavy atom. The van der Waals surface area contributed by atoms with E-state index in [1.807, 2.05) is 12.3 Å². The first kappa shape index (κ1) is 11.4. The highest BCUT2D eigenvalue weighted by molar-refractivity contribution is 8.22. The van der Waals surface area contributed by atoms with Crippen LogP contribution in [-0.4, -0.2) is 16.1 Å². The fourth-order valence-corrected chi connectivity index (χ4v) is 2.45. The minimum atomic E-state index is -0.981. The Balaban J connectivity index is 0.000000195. The van der Waals surface area contributed by atoms with E-state index in [4.69, 9.17) is 5.11 Å². The molecule has 0 saturated heterocycles. The highest BCUT2D eigenvalue weighted by Gasteiger charge is 2.00. The van der Waals surface area contributed by atoms with Crippen molar-refractivity contribution >= 4 is 16.9 Å². The van der Waals surface area contributed by atoms with Crippen LogP contribution >= 0.6 is 10.9 Å². The Hall–Kier alpha value is -1.68. The van der Waals surface area contributed by atoms with Gasteiger partial charge >= 0.3 is 5.97 Å². The molecule has 0 fully saturated rings. The molecule has 0 aliphatic carbocycles. The van der Waals surface area contributed by atoms with Crippen molar-refractivity contribution < 1.29 is 9.90 Å². The van der Waals surface area contributed by atoms with Crippen molar-refractivity contribution in [2.75, 3.05) is 0 Å². The van der Waals surface area contributed by atoms with Crippen LogP contribution in [0.25, 0.3) is 0 Å². The van der Waals surface area contributed by atoms with Gasteiger partial charge in [0, 0.05) is 12.3 Å². The fourth-order valence-electron chi connectivity index (χ4n) is 0.977. The van der Waals surface area contributed by atoms with Crippen molar-refractivity contribution in [3.63, 3.8) is 0 Å². The van der Waals surface area contributed by atoms with Crippen LogP contribution in [0.4, 0.5) is 0 Å². The number of H-pyrrole nitrogens is 1. The monoisotopic (exact) mass is 223 g/mol. The van der Waals surface area contributed by atoms with Gasteiger partial charge in [-0.1, -0.05) is 18.7 Å².